The Morgan fingerprint density at radius 2 is 0.709 bits per heavy atom. The van der Waals surface area contributed by atoms with Crippen molar-refractivity contribution < 1.29 is 14.4 Å². The molecule has 12 aromatic rings. The summed E-state index contributed by atoms with van der Waals surface area (Å²) in [5.74, 6) is 0.980. The summed E-state index contributed by atoms with van der Waals surface area (Å²) in [4.78, 5) is 81.3. The maximum atomic E-state index is 12.9. The van der Waals surface area contributed by atoms with Crippen molar-refractivity contribution in [3.8, 4) is 33.8 Å². The first-order valence-electron chi connectivity index (χ1n) is 34.6. The van der Waals surface area contributed by atoms with E-state index >= 15 is 0 Å². The fourth-order valence-electron chi connectivity index (χ4n) is 9.84. The van der Waals surface area contributed by atoms with Crippen molar-refractivity contribution in [1.82, 2.24) is 54.7 Å². The van der Waals surface area contributed by atoms with Crippen LogP contribution in [0.4, 0.5) is 52.0 Å². The Morgan fingerprint density at radius 3 is 1.10 bits per heavy atom. The third-order valence-electron chi connectivity index (χ3n) is 15.0. The molecular weight excluding hydrogens is 1280 g/mol. The van der Waals surface area contributed by atoms with Crippen molar-refractivity contribution in [2.24, 2.45) is 0 Å². The van der Waals surface area contributed by atoms with Crippen LogP contribution in [0.5, 0.6) is 0 Å². The van der Waals surface area contributed by atoms with Crippen molar-refractivity contribution >= 4 is 69.7 Å². The number of anilines is 9. The van der Waals surface area contributed by atoms with Gasteiger partial charge in [-0.1, -0.05) is 128 Å². The summed E-state index contributed by atoms with van der Waals surface area (Å²) in [6, 6.07) is 61.9. The molecule has 0 bridgehead atoms. The molecule has 103 heavy (non-hydrogen) atoms. The number of carbonyl (C=O) groups excluding carboxylic acids is 3. The minimum atomic E-state index is -0.159. The molecule has 7 heterocycles. The molecule has 526 valence electrons. The van der Waals surface area contributed by atoms with E-state index in [9.17, 15) is 14.4 Å². The summed E-state index contributed by atoms with van der Waals surface area (Å²) in [7, 11) is 2.16. The monoisotopic (exact) mass is 1370 g/mol. The standard InChI is InChI=1S/C29H31N7O.C23H19N5O.C22H17N5O.3C3H8/c1-21-3-8-25(19-27(21)34-29-31-14-11-26(33-29)23-9-12-30-13-10-23)32-28(37)24-6-4-22(5-7-24)20-36-17-15-35(2)16-18-36;1-16-7-8-19(26-22(29)18-5-3-2-4-6-18)15-21(16)28-23-25-14-11-20(27-23)17-9-12-24-13-10-17;28-21(17-5-2-1-3-6-17)25-18-7-4-8-19(15-18)26-22-24-14-11-20(27-22)16-9-12-23-13-10-16;3*1-3-2/h3-14,19H,15-18,20H2,1-2H3,(H,32,37)(H,31,33,34);2-15H,1H3,(H,26,29)(H,25,27,28);1-15H,(H,25,28)(H,24,26,27);3*3H2,1-2H3. The lowest BCUT2D eigenvalue weighted by atomic mass is 10.1. The molecule has 0 saturated carbocycles. The van der Waals surface area contributed by atoms with Gasteiger partial charge in [-0.3, -0.25) is 34.2 Å². The second kappa shape index (κ2) is 41.3. The summed E-state index contributed by atoms with van der Waals surface area (Å²) < 4.78 is 0. The number of piperazine rings is 1. The molecule has 6 N–H and O–H groups in total. The SMILES string of the molecule is CCC.CCC.CCC.Cc1ccc(NC(=O)c2ccc(CN3CCN(C)CC3)cc2)cc1Nc1nccc(-c2ccncc2)n1.Cc1ccc(NC(=O)c2ccccc2)cc1Nc1nccc(-c2ccncc2)n1.O=C(Nc1cccc(Nc2nccc(-c3ccncc3)n2)c1)c1ccccc1. The molecule has 0 atom stereocenters. The van der Waals surface area contributed by atoms with E-state index < -0.39 is 0 Å². The van der Waals surface area contributed by atoms with E-state index in [4.69, 9.17) is 0 Å². The molecule has 6 aromatic carbocycles. The Balaban J connectivity index is 0.000000187. The maximum Gasteiger partial charge on any atom is 0.255 e. The van der Waals surface area contributed by atoms with Crippen molar-refractivity contribution in [2.45, 2.75) is 81.2 Å². The summed E-state index contributed by atoms with van der Waals surface area (Å²) in [6.07, 6.45) is 19.3. The number of aryl methyl sites for hydroxylation is 2. The molecule has 1 aliphatic heterocycles. The highest BCUT2D eigenvalue weighted by molar-refractivity contribution is 6.06. The maximum absolute atomic E-state index is 12.9. The van der Waals surface area contributed by atoms with Gasteiger partial charge in [-0.2, -0.15) is 0 Å². The second-order valence-corrected chi connectivity index (χ2v) is 24.0. The van der Waals surface area contributed by atoms with E-state index in [0.29, 0.717) is 51.6 Å². The van der Waals surface area contributed by atoms with Gasteiger partial charge < -0.3 is 36.8 Å². The number of nitrogens with one attached hydrogen (secondary N) is 6. The lowest BCUT2D eigenvalue weighted by Crippen LogP contribution is -2.43. The van der Waals surface area contributed by atoms with Gasteiger partial charge in [0, 0.05) is 156 Å². The number of amides is 3. The quantitative estimate of drug-likeness (QED) is 0.0496. The number of rotatable bonds is 17. The number of aromatic nitrogens is 9. The molecule has 20 nitrogen and oxygen atoms in total. The van der Waals surface area contributed by atoms with Gasteiger partial charge in [0.2, 0.25) is 17.8 Å². The second-order valence-electron chi connectivity index (χ2n) is 24.0. The zero-order chi connectivity index (χ0) is 73.0. The van der Waals surface area contributed by atoms with E-state index in [0.717, 1.165) is 94.7 Å². The van der Waals surface area contributed by atoms with Gasteiger partial charge in [0.1, 0.15) is 0 Å². The Morgan fingerprint density at radius 1 is 0.359 bits per heavy atom. The van der Waals surface area contributed by atoms with Crippen LogP contribution in [0.15, 0.2) is 256 Å². The minimum absolute atomic E-state index is 0.142. The highest BCUT2D eigenvalue weighted by atomic mass is 16.2. The van der Waals surface area contributed by atoms with Crippen LogP contribution in [0.3, 0.4) is 0 Å². The van der Waals surface area contributed by atoms with Crippen molar-refractivity contribution in [2.75, 3.05) is 65.1 Å². The number of likely N-dealkylation sites (N-methyl/N-ethyl adjacent to an activating group) is 1. The van der Waals surface area contributed by atoms with Gasteiger partial charge in [0.05, 0.1) is 17.1 Å². The fraction of sp³-hybridized carbons (Fsp3) is 0.205. The molecule has 1 aliphatic rings. The number of nitrogens with zero attached hydrogens (tertiary/aromatic N) is 11. The van der Waals surface area contributed by atoms with Gasteiger partial charge in [-0.25, -0.2) is 29.9 Å². The van der Waals surface area contributed by atoms with Crippen LogP contribution in [-0.4, -0.2) is 106 Å². The van der Waals surface area contributed by atoms with Crippen LogP contribution in [0.1, 0.15) is 109 Å². The van der Waals surface area contributed by atoms with Gasteiger partial charge >= 0.3 is 0 Å². The molecule has 3 amide bonds. The van der Waals surface area contributed by atoms with Crippen molar-refractivity contribution in [3.63, 3.8) is 0 Å². The average molecular weight is 1370 g/mol. The lowest BCUT2D eigenvalue weighted by Gasteiger charge is -2.32. The number of hydrogen-bond donors (Lipinski definition) is 6. The van der Waals surface area contributed by atoms with Gasteiger partial charge in [-0.15, -0.1) is 0 Å². The highest BCUT2D eigenvalue weighted by Crippen LogP contribution is 2.28. The molecule has 13 rings (SSSR count). The van der Waals surface area contributed by atoms with Crippen molar-refractivity contribution in [1.29, 1.82) is 0 Å². The van der Waals surface area contributed by atoms with E-state index in [1.54, 1.807) is 80.0 Å². The zero-order valence-corrected chi connectivity index (χ0v) is 60.0. The first kappa shape index (κ1) is 76.5. The summed E-state index contributed by atoms with van der Waals surface area (Å²) >= 11 is 0. The first-order valence-corrected chi connectivity index (χ1v) is 34.6. The third-order valence-corrected chi connectivity index (χ3v) is 15.0. The molecule has 0 spiro atoms. The summed E-state index contributed by atoms with van der Waals surface area (Å²) in [5.41, 5.74) is 14.9. The normalized spacial score (nSPS) is 11.4. The van der Waals surface area contributed by atoms with Gasteiger partial charge in [0.25, 0.3) is 17.7 Å². The number of benzene rings is 6. The molecule has 0 radical (unpaired) electrons. The minimum Gasteiger partial charge on any atom is -0.324 e. The summed E-state index contributed by atoms with van der Waals surface area (Å²) in [5, 5.41) is 18.5. The molecule has 0 unspecified atom stereocenters. The zero-order valence-electron chi connectivity index (χ0n) is 60.0. The largest absolute Gasteiger partial charge is 0.324 e. The Kier molecular flexibility index (Phi) is 30.7. The Bertz CT molecular complexity index is 4530. The third kappa shape index (κ3) is 25.1. The van der Waals surface area contributed by atoms with Crippen LogP contribution >= 0.6 is 0 Å². The van der Waals surface area contributed by atoms with Gasteiger partial charge in [-0.05, 0) is 171 Å². The van der Waals surface area contributed by atoms with E-state index in [2.05, 4.69) is 135 Å². The van der Waals surface area contributed by atoms with Crippen LogP contribution in [0.25, 0.3) is 33.8 Å². The van der Waals surface area contributed by atoms with Crippen LogP contribution in [-0.2, 0) is 6.54 Å². The van der Waals surface area contributed by atoms with Gasteiger partial charge in [0.15, 0.2) is 0 Å². The smallest absolute Gasteiger partial charge is 0.255 e. The molecule has 1 saturated heterocycles. The molecule has 1 fully saturated rings. The molecular formula is C83H91N17O3. The predicted molar refractivity (Wildman–Crippen MR) is 418 cm³/mol. The Hall–Kier alpha value is -12.3. The molecule has 20 heteroatoms. The highest BCUT2D eigenvalue weighted by Gasteiger charge is 2.16. The fourth-order valence-corrected chi connectivity index (χ4v) is 9.84. The van der Waals surface area contributed by atoms with E-state index in [1.165, 1.54) is 24.8 Å². The van der Waals surface area contributed by atoms with Crippen LogP contribution in [0.2, 0.25) is 0 Å². The number of pyridine rings is 3. The Labute approximate surface area is 605 Å². The van der Waals surface area contributed by atoms with Crippen molar-refractivity contribution in [3.05, 3.63) is 289 Å². The number of hydrogen-bond acceptors (Lipinski definition) is 17. The van der Waals surface area contributed by atoms with E-state index in [1.807, 2.05) is 190 Å². The number of carbonyl (C=O) groups is 3. The predicted octanol–water partition coefficient (Wildman–Crippen LogP) is 18.2. The average Bonchev–Trinajstić information content (AvgIpc) is 0.850. The first-order chi connectivity index (χ1) is 50.2. The van der Waals surface area contributed by atoms with Crippen LogP contribution in [0, 0.1) is 13.8 Å². The molecule has 6 aromatic heterocycles. The summed E-state index contributed by atoms with van der Waals surface area (Å²) in [6.45, 7) is 22.0. The van der Waals surface area contributed by atoms with E-state index in [-0.39, 0.29) is 17.7 Å². The lowest BCUT2D eigenvalue weighted by molar-refractivity contribution is 0.101. The topological polar surface area (TPSA) is 246 Å². The molecule has 0 aliphatic carbocycles. The van der Waals surface area contributed by atoms with Crippen LogP contribution < -0.4 is 31.9 Å².